The molecule has 1 aliphatic heterocycles. The van der Waals surface area contributed by atoms with E-state index in [0.29, 0.717) is 36.2 Å². The van der Waals surface area contributed by atoms with Crippen molar-refractivity contribution in [3.63, 3.8) is 0 Å². The highest BCUT2D eigenvalue weighted by molar-refractivity contribution is 5.77. The van der Waals surface area contributed by atoms with Crippen LogP contribution in [0.15, 0.2) is 85.1 Å². The van der Waals surface area contributed by atoms with E-state index in [2.05, 4.69) is 35.0 Å². The van der Waals surface area contributed by atoms with Gasteiger partial charge in [0.15, 0.2) is 5.65 Å². The molecular formula is C30H30FN5O2. The lowest BCUT2D eigenvalue weighted by molar-refractivity contribution is 0.122. The van der Waals surface area contributed by atoms with E-state index in [1.807, 2.05) is 47.9 Å². The van der Waals surface area contributed by atoms with Crippen molar-refractivity contribution in [3.05, 3.63) is 96.6 Å². The van der Waals surface area contributed by atoms with Gasteiger partial charge in [-0.25, -0.2) is 14.4 Å². The van der Waals surface area contributed by atoms with Crippen LogP contribution in [-0.2, 0) is 4.74 Å². The van der Waals surface area contributed by atoms with Crippen LogP contribution >= 0.6 is 0 Å². The molecule has 5 rings (SSSR count). The number of nitrogens with zero attached hydrogens (tertiary/aromatic N) is 5. The highest BCUT2D eigenvalue weighted by Gasteiger charge is 2.20. The third kappa shape index (κ3) is 5.65. The summed E-state index contributed by atoms with van der Waals surface area (Å²) < 4.78 is 27.0. The monoisotopic (exact) mass is 511 g/mol. The van der Waals surface area contributed by atoms with E-state index in [4.69, 9.17) is 19.6 Å². The minimum atomic E-state index is -0.325. The number of halogens is 1. The van der Waals surface area contributed by atoms with Crippen molar-refractivity contribution in [2.45, 2.75) is 20.3 Å². The Morgan fingerprint density at radius 3 is 2.71 bits per heavy atom. The quantitative estimate of drug-likeness (QED) is 0.252. The number of aromatic nitrogens is 4. The van der Waals surface area contributed by atoms with Crippen LogP contribution in [0.5, 0.6) is 11.6 Å². The van der Waals surface area contributed by atoms with Crippen LogP contribution in [0.4, 0.5) is 10.2 Å². The van der Waals surface area contributed by atoms with Crippen molar-refractivity contribution < 1.29 is 13.9 Å². The van der Waals surface area contributed by atoms with Gasteiger partial charge in [-0.2, -0.15) is 9.61 Å². The standard InChI is InChI=1S/C30H30FN5O2/c1-3-5-6-9-22(8-4-2)26-20-28-33-27(21-29(36(28)34-26)35-16-18-37-19-17-35)25-10-7-15-32-30(25)38-24-13-11-23(31)12-14-24/h4-15,20-21H,3,16-19H2,1-2H3/b6-5+,8-4-,22-9+. The molecule has 1 fully saturated rings. The molecule has 4 aromatic rings. The summed E-state index contributed by atoms with van der Waals surface area (Å²) in [5.41, 5.74) is 3.98. The molecule has 1 aliphatic rings. The van der Waals surface area contributed by atoms with Crippen molar-refractivity contribution in [1.29, 1.82) is 0 Å². The third-order valence-corrected chi connectivity index (χ3v) is 6.11. The third-order valence-electron chi connectivity index (χ3n) is 6.11. The zero-order valence-electron chi connectivity index (χ0n) is 21.5. The van der Waals surface area contributed by atoms with Crippen molar-refractivity contribution in [3.8, 4) is 22.9 Å². The van der Waals surface area contributed by atoms with Gasteiger partial charge < -0.3 is 14.4 Å². The van der Waals surface area contributed by atoms with E-state index in [9.17, 15) is 4.39 Å². The predicted molar refractivity (Wildman–Crippen MR) is 148 cm³/mol. The summed E-state index contributed by atoms with van der Waals surface area (Å²) in [6, 6.07) is 13.7. The summed E-state index contributed by atoms with van der Waals surface area (Å²) in [5.74, 6) is 1.48. The maximum atomic E-state index is 13.4. The first-order valence-corrected chi connectivity index (χ1v) is 12.8. The van der Waals surface area contributed by atoms with Crippen LogP contribution < -0.4 is 9.64 Å². The molecule has 0 bridgehead atoms. The number of anilines is 1. The van der Waals surface area contributed by atoms with E-state index in [1.165, 1.54) is 12.1 Å². The fraction of sp³-hybridized carbons (Fsp3) is 0.233. The summed E-state index contributed by atoms with van der Waals surface area (Å²) in [6.45, 7) is 6.88. The first-order chi connectivity index (χ1) is 18.7. The molecule has 194 valence electrons. The Bertz CT molecular complexity index is 1480. The number of fused-ring (bicyclic) bond motifs is 1. The Hall–Kier alpha value is -4.30. The molecule has 0 spiro atoms. The van der Waals surface area contributed by atoms with Crippen LogP contribution in [-0.4, -0.2) is 45.9 Å². The Morgan fingerprint density at radius 1 is 1.13 bits per heavy atom. The molecule has 1 saturated heterocycles. The molecular weight excluding hydrogens is 481 g/mol. The summed E-state index contributed by atoms with van der Waals surface area (Å²) in [7, 11) is 0. The Kier molecular flexibility index (Phi) is 7.89. The van der Waals surface area contributed by atoms with Gasteiger partial charge in [0.25, 0.3) is 0 Å². The summed E-state index contributed by atoms with van der Waals surface area (Å²) >= 11 is 0. The number of hydrogen-bond acceptors (Lipinski definition) is 6. The van der Waals surface area contributed by atoms with Gasteiger partial charge in [0.05, 0.1) is 30.2 Å². The Morgan fingerprint density at radius 2 is 1.95 bits per heavy atom. The molecule has 0 amide bonds. The molecule has 3 aromatic heterocycles. The van der Waals surface area contributed by atoms with Gasteiger partial charge in [0.1, 0.15) is 17.4 Å². The topological polar surface area (TPSA) is 64.8 Å². The second-order valence-corrected chi connectivity index (χ2v) is 8.77. The normalized spacial score (nSPS) is 14.7. The molecule has 1 aromatic carbocycles. The number of ether oxygens (including phenoxy) is 2. The highest BCUT2D eigenvalue weighted by Crippen LogP contribution is 2.33. The Balaban J connectivity index is 1.63. The number of allylic oxidation sites excluding steroid dienone is 6. The molecule has 4 heterocycles. The zero-order valence-corrected chi connectivity index (χ0v) is 21.5. The number of morpholine rings is 1. The average Bonchev–Trinajstić information content (AvgIpc) is 3.38. The molecule has 0 atom stereocenters. The van der Waals surface area contributed by atoms with Crippen molar-refractivity contribution in [1.82, 2.24) is 19.6 Å². The summed E-state index contributed by atoms with van der Waals surface area (Å²) in [5, 5.41) is 4.95. The molecule has 0 radical (unpaired) electrons. The van der Waals surface area contributed by atoms with Crippen LogP contribution in [0, 0.1) is 5.82 Å². The van der Waals surface area contributed by atoms with E-state index < -0.39 is 0 Å². The molecule has 0 N–H and O–H groups in total. The average molecular weight is 512 g/mol. The first-order valence-electron chi connectivity index (χ1n) is 12.8. The van der Waals surface area contributed by atoms with Gasteiger partial charge in [-0.15, -0.1) is 0 Å². The van der Waals surface area contributed by atoms with Gasteiger partial charge in [0.2, 0.25) is 5.88 Å². The number of pyridine rings is 1. The highest BCUT2D eigenvalue weighted by atomic mass is 19.1. The molecule has 8 heteroatoms. The van der Waals surface area contributed by atoms with Crippen LogP contribution in [0.25, 0.3) is 22.5 Å². The molecule has 0 unspecified atom stereocenters. The van der Waals surface area contributed by atoms with E-state index in [1.54, 1.807) is 18.3 Å². The second kappa shape index (κ2) is 11.8. The molecule has 0 aliphatic carbocycles. The van der Waals surface area contributed by atoms with Crippen molar-refractivity contribution in [2.75, 3.05) is 31.2 Å². The van der Waals surface area contributed by atoms with Gasteiger partial charge >= 0.3 is 0 Å². The van der Waals surface area contributed by atoms with Crippen molar-refractivity contribution in [2.24, 2.45) is 0 Å². The first kappa shape index (κ1) is 25.4. The van der Waals surface area contributed by atoms with E-state index >= 15 is 0 Å². The smallest absolute Gasteiger partial charge is 0.228 e. The summed E-state index contributed by atoms with van der Waals surface area (Å²) in [4.78, 5) is 11.7. The fourth-order valence-electron chi connectivity index (χ4n) is 4.25. The van der Waals surface area contributed by atoms with Gasteiger partial charge in [0, 0.05) is 37.0 Å². The van der Waals surface area contributed by atoms with Gasteiger partial charge in [-0.1, -0.05) is 37.3 Å². The maximum Gasteiger partial charge on any atom is 0.228 e. The van der Waals surface area contributed by atoms with Crippen LogP contribution in [0.3, 0.4) is 0 Å². The lowest BCUT2D eigenvalue weighted by atomic mass is 10.1. The van der Waals surface area contributed by atoms with Gasteiger partial charge in [-0.05, 0) is 49.7 Å². The molecule has 38 heavy (non-hydrogen) atoms. The van der Waals surface area contributed by atoms with Crippen LogP contribution in [0.1, 0.15) is 26.0 Å². The predicted octanol–water partition coefficient (Wildman–Crippen LogP) is 6.49. The minimum Gasteiger partial charge on any atom is -0.438 e. The largest absolute Gasteiger partial charge is 0.438 e. The maximum absolute atomic E-state index is 13.4. The summed E-state index contributed by atoms with van der Waals surface area (Å²) in [6.07, 6.45) is 12.9. The number of rotatable bonds is 8. The second-order valence-electron chi connectivity index (χ2n) is 8.77. The minimum absolute atomic E-state index is 0.325. The number of benzene rings is 1. The number of hydrogen-bond donors (Lipinski definition) is 0. The molecule has 0 saturated carbocycles. The van der Waals surface area contributed by atoms with E-state index in [-0.39, 0.29) is 5.82 Å². The van der Waals surface area contributed by atoms with E-state index in [0.717, 1.165) is 42.2 Å². The Labute approximate surface area is 221 Å². The van der Waals surface area contributed by atoms with Crippen molar-refractivity contribution >= 4 is 17.0 Å². The van der Waals surface area contributed by atoms with Crippen LogP contribution in [0.2, 0.25) is 0 Å². The fourth-order valence-corrected chi connectivity index (χ4v) is 4.25. The zero-order chi connectivity index (χ0) is 26.3. The SMILES string of the molecule is C\C=C/C(=C\C=C\CC)c1cc2nc(-c3cccnc3Oc3ccc(F)cc3)cc(N3CCOCC3)n2n1. The lowest BCUT2D eigenvalue weighted by Gasteiger charge is -2.29. The molecule has 7 nitrogen and oxygen atoms in total. The lowest BCUT2D eigenvalue weighted by Crippen LogP contribution is -2.37. The van der Waals surface area contributed by atoms with Gasteiger partial charge in [-0.3, -0.25) is 0 Å².